The second-order valence-electron chi connectivity index (χ2n) is 6.22. The van der Waals surface area contributed by atoms with E-state index in [1.807, 2.05) is 0 Å². The van der Waals surface area contributed by atoms with Gasteiger partial charge in [0.25, 0.3) is 0 Å². The largest absolute Gasteiger partial charge is 0.387 e. The van der Waals surface area contributed by atoms with Crippen molar-refractivity contribution in [1.29, 1.82) is 0 Å². The maximum Gasteiger partial charge on any atom is 0.323 e. The number of methoxy groups -OCH3 is 1. The molecule has 0 saturated carbocycles. The highest BCUT2D eigenvalue weighted by molar-refractivity contribution is 7.80. The van der Waals surface area contributed by atoms with Crippen LogP contribution in [0, 0.1) is 11.7 Å². The highest BCUT2D eigenvalue weighted by Gasteiger charge is 2.27. The van der Waals surface area contributed by atoms with E-state index in [0.29, 0.717) is 36.7 Å². The molecule has 0 spiro atoms. The van der Waals surface area contributed by atoms with Crippen molar-refractivity contribution in [2.24, 2.45) is 16.6 Å². The molecule has 0 bridgehead atoms. The number of nitrogens with two attached hydrogens (primary N) is 1. The minimum Gasteiger partial charge on any atom is -0.387 e. The van der Waals surface area contributed by atoms with Crippen molar-refractivity contribution in [2.75, 3.05) is 26.8 Å². The first-order valence-corrected chi connectivity index (χ1v) is 9.14. The molecule has 9 heteroatoms. The minimum atomic E-state index is -0.383. The number of thiocarbonyl (C=S) groups is 1. The van der Waals surface area contributed by atoms with Crippen LogP contribution in [0.2, 0.25) is 5.02 Å². The summed E-state index contributed by atoms with van der Waals surface area (Å²) in [5.74, 6) is -0.170. The molecule has 1 heterocycles. The fourth-order valence-electron chi connectivity index (χ4n) is 2.86. The van der Waals surface area contributed by atoms with E-state index in [4.69, 9.17) is 34.3 Å². The molecule has 1 fully saturated rings. The second kappa shape index (κ2) is 9.77. The number of hydrogen-bond acceptors (Lipinski definition) is 3. The maximum absolute atomic E-state index is 14.1. The van der Waals surface area contributed by atoms with Gasteiger partial charge in [-0.1, -0.05) is 29.3 Å². The summed E-state index contributed by atoms with van der Waals surface area (Å²) < 4.78 is 19.4. The van der Waals surface area contributed by atoms with Crippen LogP contribution in [0.3, 0.4) is 0 Å². The zero-order chi connectivity index (χ0) is 20.0. The normalized spacial score (nSPS) is 19.3. The average molecular weight is 413 g/mol. The van der Waals surface area contributed by atoms with Gasteiger partial charge in [0.1, 0.15) is 5.82 Å². The molecule has 1 saturated heterocycles. The highest BCUT2D eigenvalue weighted by Crippen LogP contribution is 2.27. The average Bonchev–Trinajstić information content (AvgIpc) is 2.58. The summed E-state index contributed by atoms with van der Waals surface area (Å²) in [7, 11) is 1.59. The number of halogens is 2. The number of hydrogen-bond donors (Lipinski definition) is 2. The first-order valence-electron chi connectivity index (χ1n) is 8.35. The molecule has 0 aliphatic carbocycles. The summed E-state index contributed by atoms with van der Waals surface area (Å²) in [4.78, 5) is 17.8. The second-order valence-corrected chi connectivity index (χ2v) is 7.04. The third-order valence-corrected chi connectivity index (χ3v) is 4.51. The molecule has 1 aliphatic heterocycles. The van der Waals surface area contributed by atoms with Crippen molar-refractivity contribution in [3.05, 3.63) is 40.2 Å². The maximum atomic E-state index is 14.1. The van der Waals surface area contributed by atoms with Gasteiger partial charge in [-0.25, -0.2) is 14.2 Å². The number of aliphatic imine (C=N–C) groups is 1. The van der Waals surface area contributed by atoms with E-state index in [1.54, 1.807) is 37.1 Å². The van der Waals surface area contributed by atoms with Gasteiger partial charge in [0.15, 0.2) is 0 Å². The van der Waals surface area contributed by atoms with Crippen molar-refractivity contribution in [3.63, 3.8) is 0 Å². The van der Waals surface area contributed by atoms with Gasteiger partial charge < -0.3 is 15.4 Å². The molecular weight excluding hydrogens is 391 g/mol. The third-order valence-electron chi connectivity index (χ3n) is 4.09. The SMILES string of the molecule is COCC1CN(C(=O)NC(=S)/N=C(/C)N)CC/C1=C/c1ccc(Cl)cc1F. The lowest BCUT2D eigenvalue weighted by atomic mass is 9.90. The predicted molar refractivity (Wildman–Crippen MR) is 109 cm³/mol. The van der Waals surface area contributed by atoms with E-state index < -0.39 is 0 Å². The molecule has 27 heavy (non-hydrogen) atoms. The van der Waals surface area contributed by atoms with Crippen LogP contribution in [0.5, 0.6) is 0 Å². The molecule has 2 rings (SSSR count). The zero-order valence-corrected chi connectivity index (χ0v) is 16.7. The lowest BCUT2D eigenvalue weighted by molar-refractivity contribution is 0.127. The number of carbonyl (C=O) groups is 1. The summed E-state index contributed by atoms with van der Waals surface area (Å²) >= 11 is 10.8. The number of amides is 2. The predicted octanol–water partition coefficient (Wildman–Crippen LogP) is 3.20. The van der Waals surface area contributed by atoms with E-state index in [9.17, 15) is 9.18 Å². The topological polar surface area (TPSA) is 80.0 Å². The van der Waals surface area contributed by atoms with E-state index in [1.165, 1.54) is 6.07 Å². The van der Waals surface area contributed by atoms with Gasteiger partial charge in [-0.05, 0) is 37.7 Å². The van der Waals surface area contributed by atoms with Gasteiger partial charge in [0.2, 0.25) is 5.11 Å². The Hall–Kier alpha value is -2.03. The highest BCUT2D eigenvalue weighted by atomic mass is 35.5. The number of likely N-dealkylation sites (tertiary alicyclic amines) is 1. The van der Waals surface area contributed by atoms with E-state index in [2.05, 4.69) is 10.3 Å². The molecule has 1 aromatic carbocycles. The quantitative estimate of drug-likeness (QED) is 0.454. The third kappa shape index (κ3) is 6.27. The Morgan fingerprint density at radius 2 is 2.33 bits per heavy atom. The van der Waals surface area contributed by atoms with Crippen LogP contribution >= 0.6 is 23.8 Å². The Morgan fingerprint density at radius 3 is 2.96 bits per heavy atom. The molecule has 3 N–H and O–H groups in total. The Bertz CT molecular complexity index is 781. The van der Waals surface area contributed by atoms with E-state index in [-0.39, 0.29) is 28.7 Å². The van der Waals surface area contributed by atoms with E-state index >= 15 is 0 Å². The molecule has 6 nitrogen and oxygen atoms in total. The van der Waals surface area contributed by atoms with Crippen molar-refractivity contribution in [2.45, 2.75) is 13.3 Å². The van der Waals surface area contributed by atoms with Gasteiger partial charge in [0.05, 0.1) is 12.4 Å². The summed E-state index contributed by atoms with van der Waals surface area (Å²) in [6.07, 6.45) is 2.40. The van der Waals surface area contributed by atoms with Gasteiger partial charge in [-0.2, -0.15) is 0 Å². The van der Waals surface area contributed by atoms with Crippen LogP contribution in [0.15, 0.2) is 28.8 Å². The molecule has 0 aromatic heterocycles. The van der Waals surface area contributed by atoms with Crippen molar-refractivity contribution >= 4 is 46.9 Å². The lowest BCUT2D eigenvalue weighted by Gasteiger charge is -2.34. The number of nitrogens with one attached hydrogen (secondary N) is 1. The fourth-order valence-corrected chi connectivity index (χ4v) is 3.25. The smallest absolute Gasteiger partial charge is 0.323 e. The van der Waals surface area contributed by atoms with Crippen molar-refractivity contribution in [1.82, 2.24) is 10.2 Å². The van der Waals surface area contributed by atoms with Gasteiger partial charge in [-0.15, -0.1) is 0 Å². The van der Waals surface area contributed by atoms with Gasteiger partial charge >= 0.3 is 6.03 Å². The summed E-state index contributed by atoms with van der Waals surface area (Å²) in [5, 5.41) is 2.91. The number of urea groups is 1. The number of carbonyl (C=O) groups excluding carboxylic acids is 1. The monoisotopic (exact) mass is 412 g/mol. The molecular formula is C18H22ClFN4O2S. The number of nitrogens with zero attached hydrogens (tertiary/aromatic N) is 2. The molecule has 1 aromatic rings. The standard InChI is InChI=1S/C18H22ClFN4O2S/c1-11(21)22-17(27)23-18(25)24-6-5-12(14(9-24)10-26-2)7-13-3-4-15(19)8-16(13)20/h3-4,7-8,14H,5-6,9-10H2,1-2H3,(H3,21,22,23,25,27)/b12-7-. The van der Waals surface area contributed by atoms with Crippen molar-refractivity contribution in [3.8, 4) is 0 Å². The van der Waals surface area contributed by atoms with Crippen molar-refractivity contribution < 1.29 is 13.9 Å². The Labute approximate surface area is 168 Å². The van der Waals surface area contributed by atoms with Crippen LogP contribution in [0.4, 0.5) is 9.18 Å². The Kier molecular flexibility index (Phi) is 7.70. The van der Waals surface area contributed by atoms with E-state index in [0.717, 1.165) is 5.57 Å². The molecule has 1 unspecified atom stereocenters. The molecule has 146 valence electrons. The van der Waals surface area contributed by atoms with Gasteiger partial charge in [-0.3, -0.25) is 5.32 Å². The first kappa shape index (κ1) is 21.3. The Morgan fingerprint density at radius 1 is 1.59 bits per heavy atom. The number of piperidine rings is 1. The van der Waals surface area contributed by atoms with Crippen LogP contribution in [0.25, 0.3) is 6.08 Å². The summed E-state index contributed by atoms with van der Waals surface area (Å²) in [6.45, 7) is 2.89. The van der Waals surface area contributed by atoms with Crippen LogP contribution in [-0.2, 0) is 4.74 Å². The number of ether oxygens (including phenoxy) is 1. The number of rotatable bonds is 3. The summed E-state index contributed by atoms with van der Waals surface area (Å²) in [5.41, 5.74) is 6.93. The lowest BCUT2D eigenvalue weighted by Crippen LogP contribution is -2.48. The first-order chi connectivity index (χ1) is 12.8. The van der Waals surface area contributed by atoms with Crippen LogP contribution < -0.4 is 11.1 Å². The fraction of sp³-hybridized carbons (Fsp3) is 0.389. The number of amidine groups is 1. The minimum absolute atomic E-state index is 0.0212. The Balaban J connectivity index is 2.12. The number of benzene rings is 1. The van der Waals surface area contributed by atoms with Crippen LogP contribution in [0.1, 0.15) is 18.9 Å². The van der Waals surface area contributed by atoms with Crippen LogP contribution in [-0.4, -0.2) is 48.7 Å². The molecule has 0 radical (unpaired) electrons. The van der Waals surface area contributed by atoms with Gasteiger partial charge in [0, 0.05) is 36.7 Å². The zero-order valence-electron chi connectivity index (χ0n) is 15.2. The molecule has 1 atom stereocenters. The summed E-state index contributed by atoms with van der Waals surface area (Å²) in [6, 6.07) is 4.22. The molecule has 2 amide bonds. The molecule has 1 aliphatic rings.